The first-order valence-corrected chi connectivity index (χ1v) is 9.64. The zero-order chi connectivity index (χ0) is 18.7. The molecule has 0 saturated carbocycles. The van der Waals surface area contributed by atoms with Gasteiger partial charge in [0.15, 0.2) is 0 Å². The predicted molar refractivity (Wildman–Crippen MR) is 102 cm³/mol. The average Bonchev–Trinajstić information content (AvgIpc) is 3.16. The number of carbonyl (C=O) groups excluding carboxylic acids is 1. The summed E-state index contributed by atoms with van der Waals surface area (Å²) in [6.45, 7) is 4.24. The first-order chi connectivity index (χ1) is 12.5. The third-order valence-corrected chi connectivity index (χ3v) is 5.87. The number of carbonyl (C=O) groups is 1. The van der Waals surface area contributed by atoms with Gasteiger partial charge in [0.1, 0.15) is 16.9 Å². The molecular weight excluding hydrogens is 349 g/mol. The highest BCUT2D eigenvalue weighted by Gasteiger charge is 2.23. The summed E-state index contributed by atoms with van der Waals surface area (Å²) in [5.41, 5.74) is 2.67. The lowest BCUT2D eigenvalue weighted by atomic mass is 9.96. The fourth-order valence-corrected chi connectivity index (χ4v) is 4.65. The lowest BCUT2D eigenvalue weighted by molar-refractivity contribution is -0.115. The second kappa shape index (κ2) is 7.98. The quantitative estimate of drug-likeness (QED) is 0.801. The first kappa shape index (κ1) is 18.6. The number of nitrogens with zero attached hydrogens (tertiary/aromatic N) is 1. The molecule has 1 heterocycles. The lowest BCUT2D eigenvalue weighted by Gasteiger charge is -2.22. The second-order valence-electron chi connectivity index (χ2n) is 6.88. The number of thiophene rings is 1. The Bertz CT molecular complexity index is 836. The van der Waals surface area contributed by atoms with Crippen LogP contribution < -0.4 is 10.6 Å². The van der Waals surface area contributed by atoms with Gasteiger partial charge in [-0.3, -0.25) is 4.79 Å². The van der Waals surface area contributed by atoms with E-state index in [1.807, 2.05) is 0 Å². The molecule has 3 rings (SSSR count). The van der Waals surface area contributed by atoms with Crippen molar-refractivity contribution < 1.29 is 9.18 Å². The third-order valence-electron chi connectivity index (χ3n) is 4.66. The Kier molecular flexibility index (Phi) is 5.70. The predicted octanol–water partition coefficient (Wildman–Crippen LogP) is 4.17. The maximum absolute atomic E-state index is 13.1. The number of fused-ring (bicyclic) bond motifs is 1. The summed E-state index contributed by atoms with van der Waals surface area (Å²) in [6.07, 6.45) is 2.99. The van der Waals surface area contributed by atoms with Gasteiger partial charge in [0.2, 0.25) is 5.91 Å². The van der Waals surface area contributed by atoms with Crippen molar-refractivity contribution in [3.63, 3.8) is 0 Å². The summed E-state index contributed by atoms with van der Waals surface area (Å²) in [7, 11) is 0. The van der Waals surface area contributed by atoms with Crippen LogP contribution in [0.1, 0.15) is 47.9 Å². The number of amides is 1. The van der Waals surface area contributed by atoms with Crippen molar-refractivity contribution in [2.75, 3.05) is 11.9 Å². The number of halogens is 1. The summed E-state index contributed by atoms with van der Waals surface area (Å²) in [4.78, 5) is 13.6. The van der Waals surface area contributed by atoms with E-state index in [1.54, 1.807) is 12.1 Å². The molecule has 1 amide bonds. The molecule has 4 nitrogen and oxygen atoms in total. The molecule has 1 aliphatic rings. The topological polar surface area (TPSA) is 64.9 Å². The molecule has 1 aromatic heterocycles. The number of hydrogen-bond acceptors (Lipinski definition) is 4. The van der Waals surface area contributed by atoms with Crippen molar-refractivity contribution in [2.45, 2.75) is 39.2 Å². The standard InChI is InChI=1S/C20H22FN3OS/c1-12(2)19(13-6-8-14(21)9-7-13)23-11-18(25)24-20-16(10-22)15-4-3-5-17(15)26-20/h6-9,12,19,23H,3-5,11H2,1-2H3,(H,24,25)/t19-/m1/s1. The molecule has 1 aromatic carbocycles. The first-order valence-electron chi connectivity index (χ1n) is 8.83. The Balaban J connectivity index is 1.64. The van der Waals surface area contributed by atoms with Gasteiger partial charge in [0, 0.05) is 10.9 Å². The van der Waals surface area contributed by atoms with Crippen LogP contribution in [-0.2, 0) is 17.6 Å². The van der Waals surface area contributed by atoms with Crippen molar-refractivity contribution in [3.05, 3.63) is 51.7 Å². The van der Waals surface area contributed by atoms with Gasteiger partial charge in [-0.15, -0.1) is 11.3 Å². The summed E-state index contributed by atoms with van der Waals surface area (Å²) >= 11 is 1.52. The average molecular weight is 371 g/mol. The number of anilines is 1. The zero-order valence-electron chi connectivity index (χ0n) is 14.9. The molecule has 0 spiro atoms. The largest absolute Gasteiger partial charge is 0.315 e. The number of nitrogens with one attached hydrogen (secondary N) is 2. The number of benzene rings is 1. The van der Waals surface area contributed by atoms with Crippen LogP contribution in [0.2, 0.25) is 0 Å². The van der Waals surface area contributed by atoms with Crippen LogP contribution in [0.4, 0.5) is 9.39 Å². The van der Waals surface area contributed by atoms with Crippen LogP contribution in [0.5, 0.6) is 0 Å². The minimum Gasteiger partial charge on any atom is -0.315 e. The summed E-state index contributed by atoms with van der Waals surface area (Å²) in [6, 6.07) is 8.52. The summed E-state index contributed by atoms with van der Waals surface area (Å²) < 4.78 is 13.1. The minimum atomic E-state index is -0.274. The van der Waals surface area contributed by atoms with E-state index < -0.39 is 0 Å². The van der Waals surface area contributed by atoms with Gasteiger partial charge in [-0.25, -0.2) is 4.39 Å². The van der Waals surface area contributed by atoms with Gasteiger partial charge in [0.05, 0.1) is 12.1 Å². The molecule has 0 saturated heterocycles. The fourth-order valence-electron chi connectivity index (χ4n) is 3.39. The highest BCUT2D eigenvalue weighted by Crippen LogP contribution is 2.38. The Morgan fingerprint density at radius 3 is 2.69 bits per heavy atom. The number of rotatable bonds is 6. The van der Waals surface area contributed by atoms with E-state index in [0.29, 0.717) is 10.6 Å². The lowest BCUT2D eigenvalue weighted by Crippen LogP contribution is -2.33. The third kappa shape index (κ3) is 3.95. The molecule has 0 unspecified atom stereocenters. The number of hydrogen-bond donors (Lipinski definition) is 2. The molecule has 2 N–H and O–H groups in total. The van der Waals surface area contributed by atoms with Crippen LogP contribution in [0.25, 0.3) is 0 Å². The number of nitriles is 1. The van der Waals surface area contributed by atoms with Gasteiger partial charge in [-0.2, -0.15) is 5.26 Å². The molecule has 0 bridgehead atoms. The highest BCUT2D eigenvalue weighted by atomic mass is 32.1. The molecule has 136 valence electrons. The molecule has 2 aromatic rings. The van der Waals surface area contributed by atoms with Crippen LogP contribution in [-0.4, -0.2) is 12.5 Å². The highest BCUT2D eigenvalue weighted by molar-refractivity contribution is 7.16. The monoisotopic (exact) mass is 371 g/mol. The Morgan fingerprint density at radius 1 is 1.31 bits per heavy atom. The number of aryl methyl sites for hydroxylation is 1. The normalized spacial score (nSPS) is 14.1. The maximum atomic E-state index is 13.1. The molecule has 0 aliphatic heterocycles. The van der Waals surface area contributed by atoms with E-state index in [0.717, 1.165) is 30.4 Å². The molecule has 1 atom stereocenters. The zero-order valence-corrected chi connectivity index (χ0v) is 15.8. The van der Waals surface area contributed by atoms with E-state index >= 15 is 0 Å². The second-order valence-corrected chi connectivity index (χ2v) is 7.98. The molecule has 6 heteroatoms. The summed E-state index contributed by atoms with van der Waals surface area (Å²) in [5, 5.41) is 16.2. The van der Waals surface area contributed by atoms with Crippen LogP contribution >= 0.6 is 11.3 Å². The van der Waals surface area contributed by atoms with Crippen molar-refractivity contribution in [1.29, 1.82) is 5.26 Å². The van der Waals surface area contributed by atoms with Crippen molar-refractivity contribution >= 4 is 22.2 Å². The van der Waals surface area contributed by atoms with E-state index in [2.05, 4.69) is 30.6 Å². The van der Waals surface area contributed by atoms with Gasteiger partial charge in [-0.1, -0.05) is 26.0 Å². The maximum Gasteiger partial charge on any atom is 0.238 e. The van der Waals surface area contributed by atoms with Crippen LogP contribution in [0.15, 0.2) is 24.3 Å². The van der Waals surface area contributed by atoms with E-state index in [1.165, 1.54) is 28.3 Å². The minimum absolute atomic E-state index is 0.0508. The van der Waals surface area contributed by atoms with Gasteiger partial charge < -0.3 is 10.6 Å². The van der Waals surface area contributed by atoms with Crippen molar-refractivity contribution in [1.82, 2.24) is 5.32 Å². The van der Waals surface area contributed by atoms with Crippen molar-refractivity contribution in [3.8, 4) is 6.07 Å². The Labute approximate surface area is 157 Å². The molecule has 26 heavy (non-hydrogen) atoms. The Morgan fingerprint density at radius 2 is 2.04 bits per heavy atom. The van der Waals surface area contributed by atoms with Gasteiger partial charge in [0.25, 0.3) is 0 Å². The SMILES string of the molecule is CC(C)[C@@H](NCC(=O)Nc1sc2c(c1C#N)CCC2)c1ccc(F)cc1. The van der Waals surface area contributed by atoms with Gasteiger partial charge in [-0.05, 0) is 48.4 Å². The van der Waals surface area contributed by atoms with E-state index in [9.17, 15) is 14.4 Å². The Hall–Kier alpha value is -2.23. The smallest absolute Gasteiger partial charge is 0.238 e. The van der Waals surface area contributed by atoms with Gasteiger partial charge >= 0.3 is 0 Å². The molecular formula is C20H22FN3OS. The van der Waals surface area contributed by atoms with E-state index in [-0.39, 0.29) is 30.2 Å². The molecule has 0 radical (unpaired) electrons. The summed E-state index contributed by atoms with van der Waals surface area (Å²) in [5.74, 6) is -0.202. The van der Waals surface area contributed by atoms with Crippen LogP contribution in [0.3, 0.4) is 0 Å². The van der Waals surface area contributed by atoms with Crippen LogP contribution in [0, 0.1) is 23.1 Å². The van der Waals surface area contributed by atoms with E-state index in [4.69, 9.17) is 0 Å². The fraction of sp³-hybridized carbons (Fsp3) is 0.400. The van der Waals surface area contributed by atoms with Crippen molar-refractivity contribution in [2.24, 2.45) is 5.92 Å². The molecule has 0 fully saturated rings. The molecule has 1 aliphatic carbocycles.